The number of carbonyl (C=O) groups is 3. The zero-order chi connectivity index (χ0) is 18.7. The first-order valence-corrected chi connectivity index (χ1v) is 9.05. The van der Waals surface area contributed by atoms with E-state index in [1.54, 1.807) is 0 Å². The van der Waals surface area contributed by atoms with Gasteiger partial charge in [0.15, 0.2) is 0 Å². The molecule has 0 aromatic heterocycles. The van der Waals surface area contributed by atoms with Crippen molar-refractivity contribution < 1.29 is 14.4 Å². The fourth-order valence-electron chi connectivity index (χ4n) is 3.55. The van der Waals surface area contributed by atoms with Crippen molar-refractivity contribution >= 4 is 29.1 Å². The Kier molecular flexibility index (Phi) is 5.40. The van der Waals surface area contributed by atoms with Crippen molar-refractivity contribution in [1.29, 1.82) is 0 Å². The Bertz CT molecular complexity index is 698. The smallest absolute Gasteiger partial charge is 0.233 e. The molecule has 0 bridgehead atoms. The quantitative estimate of drug-likeness (QED) is 0.628. The van der Waals surface area contributed by atoms with Crippen LogP contribution < -0.4 is 10.2 Å². The SMILES string of the molecule is CN(C)c1ccc(NC(=O)CCCN2C(=O)[C@H]3CC=CC[C@@H]3C2=O)cc1. The van der Waals surface area contributed by atoms with E-state index >= 15 is 0 Å². The highest BCUT2D eigenvalue weighted by atomic mass is 16.2. The van der Waals surface area contributed by atoms with E-state index in [9.17, 15) is 14.4 Å². The van der Waals surface area contributed by atoms with Crippen LogP contribution in [0.25, 0.3) is 0 Å². The minimum Gasteiger partial charge on any atom is -0.378 e. The molecular weight excluding hydrogens is 330 g/mol. The number of carbonyl (C=O) groups excluding carboxylic acids is 3. The van der Waals surface area contributed by atoms with Gasteiger partial charge in [0.1, 0.15) is 0 Å². The Balaban J connectivity index is 1.46. The van der Waals surface area contributed by atoms with Crippen LogP contribution in [0.1, 0.15) is 25.7 Å². The van der Waals surface area contributed by atoms with Crippen LogP contribution >= 0.6 is 0 Å². The summed E-state index contributed by atoms with van der Waals surface area (Å²) in [6, 6.07) is 7.59. The first-order chi connectivity index (χ1) is 12.5. The van der Waals surface area contributed by atoms with E-state index in [0.717, 1.165) is 11.4 Å². The Morgan fingerprint density at radius 2 is 1.65 bits per heavy atom. The lowest BCUT2D eigenvalue weighted by atomic mass is 9.85. The minimum absolute atomic E-state index is 0.0796. The molecule has 1 saturated heterocycles. The Hall–Kier alpha value is -2.63. The van der Waals surface area contributed by atoms with Crippen LogP contribution in [-0.2, 0) is 14.4 Å². The van der Waals surface area contributed by atoms with Crippen LogP contribution in [0.3, 0.4) is 0 Å². The molecule has 1 aliphatic carbocycles. The molecule has 6 nitrogen and oxygen atoms in total. The normalized spacial score (nSPS) is 21.7. The molecule has 1 N–H and O–H groups in total. The monoisotopic (exact) mass is 355 g/mol. The third kappa shape index (κ3) is 3.79. The summed E-state index contributed by atoms with van der Waals surface area (Å²) in [7, 11) is 3.92. The van der Waals surface area contributed by atoms with Gasteiger partial charge in [-0.1, -0.05) is 12.2 Å². The van der Waals surface area contributed by atoms with E-state index in [-0.39, 0.29) is 36.0 Å². The van der Waals surface area contributed by atoms with Crippen molar-refractivity contribution in [2.45, 2.75) is 25.7 Å². The predicted octanol–water partition coefficient (Wildman–Crippen LogP) is 2.42. The molecule has 1 aromatic rings. The molecule has 0 unspecified atom stereocenters. The Labute approximate surface area is 153 Å². The number of allylic oxidation sites excluding steroid dienone is 2. The molecule has 0 spiro atoms. The second-order valence-corrected chi connectivity index (χ2v) is 7.08. The van der Waals surface area contributed by atoms with Crippen molar-refractivity contribution in [2.24, 2.45) is 11.8 Å². The fourth-order valence-corrected chi connectivity index (χ4v) is 3.55. The molecule has 2 aliphatic rings. The molecule has 1 aliphatic heterocycles. The lowest BCUT2D eigenvalue weighted by Gasteiger charge is -2.15. The first-order valence-electron chi connectivity index (χ1n) is 9.05. The van der Waals surface area contributed by atoms with Gasteiger partial charge in [0.05, 0.1) is 11.8 Å². The largest absolute Gasteiger partial charge is 0.378 e. The number of rotatable bonds is 6. The van der Waals surface area contributed by atoms with Crippen LogP contribution in [0.4, 0.5) is 11.4 Å². The van der Waals surface area contributed by atoms with Crippen molar-refractivity contribution in [3.05, 3.63) is 36.4 Å². The van der Waals surface area contributed by atoms with Crippen molar-refractivity contribution in [1.82, 2.24) is 4.90 Å². The molecule has 1 heterocycles. The zero-order valence-corrected chi connectivity index (χ0v) is 15.3. The predicted molar refractivity (Wildman–Crippen MR) is 101 cm³/mol. The molecule has 2 atom stereocenters. The van der Waals surface area contributed by atoms with Gasteiger partial charge < -0.3 is 10.2 Å². The van der Waals surface area contributed by atoms with Gasteiger partial charge >= 0.3 is 0 Å². The van der Waals surface area contributed by atoms with Gasteiger partial charge in [0.2, 0.25) is 17.7 Å². The van der Waals surface area contributed by atoms with E-state index in [1.165, 1.54) is 4.90 Å². The second kappa shape index (κ2) is 7.72. The van der Waals surface area contributed by atoms with Gasteiger partial charge in [-0.2, -0.15) is 0 Å². The van der Waals surface area contributed by atoms with Crippen LogP contribution in [0.15, 0.2) is 36.4 Å². The standard InChI is InChI=1S/C20H25N3O3/c1-22(2)15-11-9-14(10-12-15)21-18(24)8-5-13-23-19(25)16-6-3-4-7-17(16)20(23)26/h3-4,9-12,16-17H,5-8,13H2,1-2H3,(H,21,24)/t16-,17-/m0/s1. The average molecular weight is 355 g/mol. The van der Waals surface area contributed by atoms with E-state index in [0.29, 0.717) is 25.8 Å². The summed E-state index contributed by atoms with van der Waals surface area (Å²) in [5.41, 5.74) is 1.80. The van der Waals surface area contributed by atoms with Crippen molar-refractivity contribution in [2.75, 3.05) is 30.9 Å². The number of imide groups is 1. The molecule has 1 aromatic carbocycles. The lowest BCUT2D eigenvalue weighted by Crippen LogP contribution is -2.32. The molecule has 0 saturated carbocycles. The van der Waals surface area contributed by atoms with Crippen LogP contribution in [-0.4, -0.2) is 43.3 Å². The summed E-state index contributed by atoms with van der Waals surface area (Å²) in [6.07, 6.45) is 6.01. The average Bonchev–Trinajstić information content (AvgIpc) is 2.87. The maximum absolute atomic E-state index is 12.4. The maximum atomic E-state index is 12.4. The van der Waals surface area contributed by atoms with E-state index in [4.69, 9.17) is 0 Å². The fraction of sp³-hybridized carbons (Fsp3) is 0.450. The number of amides is 3. The van der Waals surface area contributed by atoms with Gasteiger partial charge in [0.25, 0.3) is 0 Å². The third-order valence-electron chi connectivity index (χ3n) is 5.05. The van der Waals surface area contributed by atoms with Gasteiger partial charge in [-0.25, -0.2) is 0 Å². The number of hydrogen-bond donors (Lipinski definition) is 1. The lowest BCUT2D eigenvalue weighted by molar-refractivity contribution is -0.140. The van der Waals surface area contributed by atoms with Gasteiger partial charge in [-0.15, -0.1) is 0 Å². The first kappa shape index (κ1) is 18.2. The third-order valence-corrected chi connectivity index (χ3v) is 5.05. The van der Waals surface area contributed by atoms with E-state index in [2.05, 4.69) is 5.32 Å². The number of likely N-dealkylation sites (tertiary alicyclic amines) is 1. The zero-order valence-electron chi connectivity index (χ0n) is 15.3. The summed E-state index contributed by atoms with van der Waals surface area (Å²) in [4.78, 5) is 40.2. The topological polar surface area (TPSA) is 69.7 Å². The Morgan fingerprint density at radius 1 is 1.08 bits per heavy atom. The van der Waals surface area contributed by atoms with Crippen LogP contribution in [0.2, 0.25) is 0 Å². The van der Waals surface area contributed by atoms with Crippen LogP contribution in [0, 0.1) is 11.8 Å². The number of anilines is 2. The number of nitrogens with one attached hydrogen (secondary N) is 1. The second-order valence-electron chi connectivity index (χ2n) is 7.08. The number of benzene rings is 1. The number of fused-ring (bicyclic) bond motifs is 1. The van der Waals surface area contributed by atoms with E-state index in [1.807, 2.05) is 55.4 Å². The summed E-state index contributed by atoms with van der Waals surface area (Å²) in [5, 5.41) is 2.85. The molecule has 26 heavy (non-hydrogen) atoms. The van der Waals surface area contributed by atoms with Gasteiger partial charge in [-0.05, 0) is 43.5 Å². The minimum atomic E-state index is -0.198. The summed E-state index contributed by atoms with van der Waals surface area (Å²) in [6.45, 7) is 0.317. The Morgan fingerprint density at radius 3 is 2.19 bits per heavy atom. The number of nitrogens with zero attached hydrogens (tertiary/aromatic N) is 2. The molecule has 138 valence electrons. The highest BCUT2D eigenvalue weighted by Crippen LogP contribution is 2.35. The molecule has 0 radical (unpaired) electrons. The molecule has 3 rings (SSSR count). The van der Waals surface area contributed by atoms with Crippen molar-refractivity contribution in [3.63, 3.8) is 0 Å². The van der Waals surface area contributed by atoms with Gasteiger partial charge in [-0.3, -0.25) is 19.3 Å². The molecular formula is C20H25N3O3. The molecule has 1 fully saturated rings. The summed E-state index contributed by atoms with van der Waals surface area (Å²) >= 11 is 0. The van der Waals surface area contributed by atoms with Crippen molar-refractivity contribution in [3.8, 4) is 0 Å². The maximum Gasteiger partial charge on any atom is 0.233 e. The summed E-state index contributed by atoms with van der Waals surface area (Å²) in [5.74, 6) is -0.665. The van der Waals surface area contributed by atoms with E-state index < -0.39 is 0 Å². The van der Waals surface area contributed by atoms with Gasteiger partial charge in [0, 0.05) is 38.4 Å². The molecule has 3 amide bonds. The number of hydrogen-bond acceptors (Lipinski definition) is 4. The summed E-state index contributed by atoms with van der Waals surface area (Å²) < 4.78 is 0. The molecule has 6 heteroatoms. The van der Waals surface area contributed by atoms with Crippen LogP contribution in [0.5, 0.6) is 0 Å². The highest BCUT2D eigenvalue weighted by Gasteiger charge is 2.46. The highest BCUT2D eigenvalue weighted by molar-refractivity contribution is 6.05.